The first kappa shape index (κ1) is 8.05. The molecule has 3 aromatic heterocycles. The van der Waals surface area contributed by atoms with Crippen molar-refractivity contribution in [2.24, 2.45) is 0 Å². The van der Waals surface area contributed by atoms with Gasteiger partial charge in [-0.25, -0.2) is 9.50 Å². The lowest BCUT2D eigenvalue weighted by atomic mass is 10.2. The highest BCUT2D eigenvalue weighted by Gasteiger charge is 2.09. The van der Waals surface area contributed by atoms with Crippen molar-refractivity contribution in [3.05, 3.63) is 37.0 Å². The summed E-state index contributed by atoms with van der Waals surface area (Å²) in [5.74, 6) is 0.752. The normalized spacial score (nSPS) is 10.9. The summed E-state index contributed by atoms with van der Waals surface area (Å²) < 4.78 is 6.92. The fraction of sp³-hybridized carbons (Fsp3) is 0. The first-order chi connectivity index (χ1) is 7.34. The van der Waals surface area contributed by atoms with Gasteiger partial charge in [0.15, 0.2) is 5.65 Å². The summed E-state index contributed by atoms with van der Waals surface area (Å²) in [7, 11) is 0. The molecule has 0 saturated heterocycles. The van der Waals surface area contributed by atoms with Crippen LogP contribution in [0.4, 0.5) is 5.69 Å². The number of fused-ring (bicyclic) bond motifs is 1. The van der Waals surface area contributed by atoms with Crippen molar-refractivity contribution in [3.8, 4) is 11.3 Å². The van der Waals surface area contributed by atoms with E-state index in [1.54, 1.807) is 29.4 Å². The Hall–Kier alpha value is -2.30. The lowest BCUT2D eigenvalue weighted by molar-refractivity contribution is 0.583. The van der Waals surface area contributed by atoms with Gasteiger partial charge in [0.25, 0.3) is 0 Å². The van der Waals surface area contributed by atoms with E-state index < -0.39 is 0 Å². The second-order valence-electron chi connectivity index (χ2n) is 3.19. The van der Waals surface area contributed by atoms with Gasteiger partial charge in [0.05, 0.1) is 36.1 Å². The lowest BCUT2D eigenvalue weighted by Crippen LogP contribution is -1.94. The number of hydrogen-bond donors (Lipinski definition) is 1. The van der Waals surface area contributed by atoms with Gasteiger partial charge in [-0.05, 0) is 12.1 Å². The summed E-state index contributed by atoms with van der Waals surface area (Å²) in [6, 6.07) is 3.70. The van der Waals surface area contributed by atoms with E-state index in [-0.39, 0.29) is 0 Å². The van der Waals surface area contributed by atoms with Crippen LogP contribution in [0.1, 0.15) is 0 Å². The number of nitrogens with zero attached hydrogens (tertiary/aromatic N) is 3. The fourth-order valence-corrected chi connectivity index (χ4v) is 1.49. The molecule has 0 bridgehead atoms. The monoisotopic (exact) mass is 200 g/mol. The van der Waals surface area contributed by atoms with E-state index in [0.717, 1.165) is 17.0 Å². The molecule has 0 aliphatic heterocycles. The Morgan fingerprint density at radius 2 is 2.27 bits per heavy atom. The SMILES string of the molecule is Nc1cnc2c(-c3ccco3)cnn2c1. The molecule has 3 rings (SSSR count). The minimum atomic E-state index is 0.580. The first-order valence-electron chi connectivity index (χ1n) is 4.47. The van der Waals surface area contributed by atoms with Crippen LogP contribution >= 0.6 is 0 Å². The van der Waals surface area contributed by atoms with Crippen molar-refractivity contribution in [1.29, 1.82) is 0 Å². The van der Waals surface area contributed by atoms with Crippen LogP contribution in [0.25, 0.3) is 17.0 Å². The number of nitrogen functional groups attached to an aromatic ring is 1. The molecule has 0 unspecified atom stereocenters. The Bertz CT molecular complexity index is 597. The molecule has 15 heavy (non-hydrogen) atoms. The minimum absolute atomic E-state index is 0.580. The van der Waals surface area contributed by atoms with E-state index >= 15 is 0 Å². The van der Waals surface area contributed by atoms with E-state index in [9.17, 15) is 0 Å². The molecule has 3 heterocycles. The van der Waals surface area contributed by atoms with E-state index in [1.807, 2.05) is 12.1 Å². The molecule has 0 spiro atoms. The van der Waals surface area contributed by atoms with E-state index in [4.69, 9.17) is 10.2 Å². The maximum absolute atomic E-state index is 5.61. The summed E-state index contributed by atoms with van der Waals surface area (Å²) in [5, 5.41) is 4.15. The molecule has 0 amide bonds. The van der Waals surface area contributed by atoms with Crippen LogP contribution in [-0.2, 0) is 0 Å². The van der Waals surface area contributed by atoms with Crippen molar-refractivity contribution in [1.82, 2.24) is 14.6 Å². The Morgan fingerprint density at radius 1 is 1.33 bits per heavy atom. The molecule has 0 atom stereocenters. The Kier molecular flexibility index (Phi) is 1.53. The average molecular weight is 200 g/mol. The van der Waals surface area contributed by atoms with Crippen LogP contribution in [0.5, 0.6) is 0 Å². The van der Waals surface area contributed by atoms with Crippen LogP contribution in [0.2, 0.25) is 0 Å². The molecule has 5 nitrogen and oxygen atoms in total. The molecule has 0 radical (unpaired) electrons. The number of rotatable bonds is 1. The minimum Gasteiger partial charge on any atom is -0.464 e. The van der Waals surface area contributed by atoms with E-state index in [1.165, 1.54) is 0 Å². The molecule has 3 aromatic rings. The number of hydrogen-bond acceptors (Lipinski definition) is 4. The summed E-state index contributed by atoms with van der Waals surface area (Å²) in [6.07, 6.45) is 6.65. The standard InChI is InChI=1S/C10H8N4O/c11-7-4-12-10-8(5-13-14(10)6-7)9-2-1-3-15-9/h1-6H,11H2. The van der Waals surface area contributed by atoms with Gasteiger partial charge in [-0.3, -0.25) is 0 Å². The Balaban J connectivity index is 2.29. The summed E-state index contributed by atoms with van der Waals surface area (Å²) >= 11 is 0. The zero-order valence-corrected chi connectivity index (χ0v) is 7.79. The average Bonchev–Trinajstić information content (AvgIpc) is 2.82. The van der Waals surface area contributed by atoms with Crippen molar-refractivity contribution in [3.63, 3.8) is 0 Å². The molecule has 0 fully saturated rings. The highest BCUT2D eigenvalue weighted by atomic mass is 16.3. The van der Waals surface area contributed by atoms with Gasteiger partial charge in [0, 0.05) is 0 Å². The highest BCUT2D eigenvalue weighted by Crippen LogP contribution is 2.23. The second kappa shape index (κ2) is 2.84. The summed E-state index contributed by atoms with van der Waals surface area (Å²) in [6.45, 7) is 0. The quantitative estimate of drug-likeness (QED) is 0.647. The van der Waals surface area contributed by atoms with Gasteiger partial charge in [-0.1, -0.05) is 0 Å². The third-order valence-corrected chi connectivity index (χ3v) is 2.16. The largest absolute Gasteiger partial charge is 0.464 e. The first-order valence-corrected chi connectivity index (χ1v) is 4.47. The van der Waals surface area contributed by atoms with Gasteiger partial charge in [0.2, 0.25) is 0 Å². The van der Waals surface area contributed by atoms with Crippen LogP contribution in [-0.4, -0.2) is 14.6 Å². The summed E-state index contributed by atoms with van der Waals surface area (Å²) in [5.41, 5.74) is 7.78. The van der Waals surface area contributed by atoms with Gasteiger partial charge in [-0.2, -0.15) is 5.10 Å². The summed E-state index contributed by atoms with van der Waals surface area (Å²) in [4.78, 5) is 4.21. The molecule has 0 aromatic carbocycles. The zero-order valence-electron chi connectivity index (χ0n) is 7.79. The van der Waals surface area contributed by atoms with Crippen LogP contribution in [0.3, 0.4) is 0 Å². The van der Waals surface area contributed by atoms with Crippen LogP contribution in [0.15, 0.2) is 41.4 Å². The predicted molar refractivity (Wildman–Crippen MR) is 55.1 cm³/mol. The molecular weight excluding hydrogens is 192 g/mol. The van der Waals surface area contributed by atoms with Gasteiger partial charge in [0.1, 0.15) is 5.76 Å². The fourth-order valence-electron chi connectivity index (χ4n) is 1.49. The third-order valence-electron chi connectivity index (χ3n) is 2.16. The maximum atomic E-state index is 5.61. The maximum Gasteiger partial charge on any atom is 0.166 e. The lowest BCUT2D eigenvalue weighted by Gasteiger charge is -1.95. The van der Waals surface area contributed by atoms with E-state index in [2.05, 4.69) is 10.1 Å². The molecule has 74 valence electrons. The molecule has 5 heteroatoms. The Labute approximate surface area is 85.1 Å². The number of nitrogens with two attached hydrogens (primary N) is 1. The molecular formula is C10H8N4O. The van der Waals surface area contributed by atoms with E-state index in [0.29, 0.717) is 5.69 Å². The van der Waals surface area contributed by atoms with Crippen molar-refractivity contribution < 1.29 is 4.42 Å². The van der Waals surface area contributed by atoms with Crippen LogP contribution < -0.4 is 5.73 Å². The molecule has 0 aliphatic carbocycles. The number of anilines is 1. The van der Waals surface area contributed by atoms with Gasteiger partial charge < -0.3 is 10.2 Å². The molecule has 2 N–H and O–H groups in total. The molecule has 0 saturated carbocycles. The van der Waals surface area contributed by atoms with Gasteiger partial charge >= 0.3 is 0 Å². The van der Waals surface area contributed by atoms with Crippen molar-refractivity contribution in [2.45, 2.75) is 0 Å². The van der Waals surface area contributed by atoms with Crippen LogP contribution in [0, 0.1) is 0 Å². The van der Waals surface area contributed by atoms with Crippen molar-refractivity contribution >= 4 is 11.3 Å². The zero-order chi connectivity index (χ0) is 10.3. The Morgan fingerprint density at radius 3 is 3.07 bits per heavy atom. The topological polar surface area (TPSA) is 69.3 Å². The predicted octanol–water partition coefficient (Wildman–Crippen LogP) is 1.57. The molecule has 0 aliphatic rings. The van der Waals surface area contributed by atoms with Gasteiger partial charge in [-0.15, -0.1) is 0 Å². The number of furan rings is 1. The smallest absolute Gasteiger partial charge is 0.166 e. The number of aromatic nitrogens is 3. The van der Waals surface area contributed by atoms with Crippen molar-refractivity contribution in [2.75, 3.05) is 5.73 Å². The third kappa shape index (κ3) is 1.17. The highest BCUT2D eigenvalue weighted by molar-refractivity contribution is 5.73. The second-order valence-corrected chi connectivity index (χ2v) is 3.19.